The van der Waals surface area contributed by atoms with Gasteiger partial charge in [-0.15, -0.1) is 0 Å². The van der Waals surface area contributed by atoms with Gasteiger partial charge in [-0.2, -0.15) is 0 Å². The van der Waals surface area contributed by atoms with Crippen LogP contribution in [-0.4, -0.2) is 32.1 Å². The standard InChI is InChI=1S/C50H43N4O3P/c1-32(2)56-58(55,57-33(3)4)45-31-44-48(36-21-13-7-14-22-36)42-28-27-40(52-42)46(34-17-9-5-10-18-34)38-25-26-39(51-38)47(35-19-11-6-12-20-35)41-29-30-43(53-41)49(50(45)54-44)37-23-15-8-16-24-37/h5-33,52-53H,1-4H3. The van der Waals surface area contributed by atoms with Crippen molar-refractivity contribution in [1.29, 1.82) is 0 Å². The number of nitrogens with one attached hydrogen (secondary N) is 2. The van der Waals surface area contributed by atoms with Crippen molar-refractivity contribution in [2.45, 2.75) is 39.9 Å². The monoisotopic (exact) mass is 778 g/mol. The third-order valence-corrected chi connectivity index (χ3v) is 12.4. The fourth-order valence-corrected chi connectivity index (χ4v) is 9.89. The Morgan fingerprint density at radius 1 is 0.448 bits per heavy atom. The van der Waals surface area contributed by atoms with E-state index in [9.17, 15) is 0 Å². The molecule has 58 heavy (non-hydrogen) atoms. The van der Waals surface area contributed by atoms with Gasteiger partial charge in [0.15, 0.2) is 0 Å². The first kappa shape index (κ1) is 37.2. The Hall–Kier alpha value is -6.37. The van der Waals surface area contributed by atoms with Gasteiger partial charge in [0.2, 0.25) is 0 Å². The van der Waals surface area contributed by atoms with Crippen LogP contribution in [0.2, 0.25) is 0 Å². The van der Waals surface area contributed by atoms with Gasteiger partial charge >= 0.3 is 7.60 Å². The number of rotatable bonds is 9. The fourth-order valence-electron chi connectivity index (χ4n) is 7.80. The second kappa shape index (κ2) is 15.5. The van der Waals surface area contributed by atoms with E-state index in [0.29, 0.717) is 16.7 Å². The molecule has 9 rings (SSSR count). The molecule has 2 aliphatic rings. The smallest absolute Gasteiger partial charge is 0.354 e. The van der Waals surface area contributed by atoms with Gasteiger partial charge in [-0.05, 0) is 92.4 Å². The zero-order valence-electron chi connectivity index (χ0n) is 32.8. The normalized spacial score (nSPS) is 12.7. The lowest BCUT2D eigenvalue weighted by atomic mass is 10.0. The van der Waals surface area contributed by atoms with Crippen molar-refractivity contribution in [3.05, 3.63) is 168 Å². The Kier molecular flexibility index (Phi) is 9.96. The number of fused-ring (bicyclic) bond motifs is 8. The highest BCUT2D eigenvalue weighted by Crippen LogP contribution is 2.64. The molecular weight excluding hydrogens is 736 g/mol. The average molecular weight is 779 g/mol. The van der Waals surface area contributed by atoms with Gasteiger partial charge in [0.1, 0.15) is 0 Å². The molecule has 0 radical (unpaired) electrons. The van der Waals surface area contributed by atoms with E-state index < -0.39 is 19.8 Å². The number of nitrogens with zero attached hydrogens (tertiary/aromatic N) is 2. The lowest BCUT2D eigenvalue weighted by Gasteiger charge is -2.24. The molecule has 2 N–H and O–H groups in total. The van der Waals surface area contributed by atoms with E-state index in [1.807, 2.05) is 107 Å². The summed E-state index contributed by atoms with van der Waals surface area (Å²) in [5.41, 5.74) is 13.6. The van der Waals surface area contributed by atoms with Crippen LogP contribution in [0.5, 0.6) is 0 Å². The highest BCUT2D eigenvalue weighted by atomic mass is 31.2. The minimum absolute atomic E-state index is 0.394. The highest BCUT2D eigenvalue weighted by molar-refractivity contribution is 7.65. The number of H-pyrrole nitrogens is 2. The first-order valence-electron chi connectivity index (χ1n) is 19.6. The van der Waals surface area contributed by atoms with Crippen LogP contribution in [0, 0.1) is 0 Å². The van der Waals surface area contributed by atoms with Crippen molar-refractivity contribution in [2.75, 3.05) is 0 Å². The summed E-state index contributed by atoms with van der Waals surface area (Å²) in [6.45, 7) is 7.50. The topological polar surface area (TPSA) is 92.9 Å². The molecule has 7 nitrogen and oxygen atoms in total. The zero-order valence-corrected chi connectivity index (χ0v) is 33.7. The number of benzene rings is 4. The second-order valence-corrected chi connectivity index (χ2v) is 16.8. The molecule has 5 heterocycles. The first-order chi connectivity index (χ1) is 28.3. The summed E-state index contributed by atoms with van der Waals surface area (Å²) in [7, 11) is -4.00. The van der Waals surface area contributed by atoms with Crippen LogP contribution in [0.1, 0.15) is 50.5 Å². The summed E-state index contributed by atoms with van der Waals surface area (Å²) in [4.78, 5) is 18.5. The average Bonchev–Trinajstić information content (AvgIpc) is 4.06. The lowest BCUT2D eigenvalue weighted by Crippen LogP contribution is -2.09. The van der Waals surface area contributed by atoms with Gasteiger partial charge in [0, 0.05) is 44.3 Å². The summed E-state index contributed by atoms with van der Waals surface area (Å²) in [6.07, 6.45) is 5.31. The van der Waals surface area contributed by atoms with E-state index in [1.54, 1.807) is 0 Å². The van der Waals surface area contributed by atoms with Gasteiger partial charge in [0.05, 0.1) is 40.3 Å². The third kappa shape index (κ3) is 7.09. The first-order valence-corrected chi connectivity index (χ1v) is 21.2. The van der Waals surface area contributed by atoms with E-state index in [2.05, 4.69) is 94.9 Å². The zero-order chi connectivity index (χ0) is 39.8. The molecule has 2 aliphatic heterocycles. The summed E-state index contributed by atoms with van der Waals surface area (Å²) in [5, 5.41) is 0.398. The van der Waals surface area contributed by atoms with Gasteiger partial charge < -0.3 is 19.0 Å². The molecule has 0 amide bonds. The quantitative estimate of drug-likeness (QED) is 0.142. The maximum atomic E-state index is 15.5. The molecule has 0 atom stereocenters. The van der Waals surface area contributed by atoms with Crippen LogP contribution in [0.3, 0.4) is 0 Å². The van der Waals surface area contributed by atoms with Gasteiger partial charge in [-0.25, -0.2) is 9.97 Å². The van der Waals surface area contributed by atoms with Crippen molar-refractivity contribution >= 4 is 53.2 Å². The molecule has 7 aromatic rings. The second-order valence-electron chi connectivity index (χ2n) is 14.9. The van der Waals surface area contributed by atoms with Crippen molar-refractivity contribution in [1.82, 2.24) is 19.9 Å². The van der Waals surface area contributed by atoms with Crippen molar-refractivity contribution in [3.63, 3.8) is 0 Å². The molecule has 0 fully saturated rings. The van der Waals surface area contributed by atoms with E-state index >= 15 is 4.57 Å². The number of hydrogen-bond acceptors (Lipinski definition) is 5. The number of aromatic amines is 2. The molecular formula is C50H43N4O3P. The SMILES string of the molecule is CC(C)OP(=O)(OC(C)C)C1=Cc2nc1c(-c1ccccc1)c1ccc([nH]1)c(-c1ccccc1)c1nc(c(-c3ccccc3)c3ccc([nH]3)c2-c2ccccc2)C=C1. The Bertz CT molecular complexity index is 2900. The third-order valence-electron chi connectivity index (χ3n) is 10.1. The molecule has 0 spiro atoms. The van der Waals surface area contributed by atoms with E-state index in [0.717, 1.165) is 78.0 Å². The van der Waals surface area contributed by atoms with E-state index in [4.69, 9.17) is 19.0 Å². The molecule has 8 heteroatoms. The van der Waals surface area contributed by atoms with Gasteiger partial charge in [-0.1, -0.05) is 121 Å². The van der Waals surface area contributed by atoms with Gasteiger partial charge in [-0.3, -0.25) is 4.57 Å². The minimum Gasteiger partial charge on any atom is -0.354 e. The maximum absolute atomic E-state index is 15.5. The van der Waals surface area contributed by atoms with Crippen LogP contribution < -0.4 is 0 Å². The molecule has 8 bridgehead atoms. The van der Waals surface area contributed by atoms with E-state index in [-0.39, 0.29) is 0 Å². The van der Waals surface area contributed by atoms with Crippen LogP contribution in [-0.2, 0) is 13.6 Å². The van der Waals surface area contributed by atoms with E-state index in [1.165, 1.54) is 0 Å². The molecule has 4 aromatic carbocycles. The van der Waals surface area contributed by atoms with Crippen LogP contribution >= 0.6 is 7.60 Å². The van der Waals surface area contributed by atoms with Crippen LogP contribution in [0.4, 0.5) is 0 Å². The van der Waals surface area contributed by atoms with Crippen LogP contribution in [0.15, 0.2) is 146 Å². The van der Waals surface area contributed by atoms with Crippen molar-refractivity contribution < 1.29 is 13.6 Å². The number of hydrogen-bond donors (Lipinski definition) is 2. The Labute approximate surface area is 338 Å². The minimum atomic E-state index is -4.00. The van der Waals surface area contributed by atoms with Crippen LogP contribution in [0.25, 0.3) is 90.1 Å². The summed E-state index contributed by atoms with van der Waals surface area (Å²) < 4.78 is 28.2. The number of aromatic nitrogens is 4. The van der Waals surface area contributed by atoms with Crippen molar-refractivity contribution in [2.24, 2.45) is 0 Å². The highest BCUT2D eigenvalue weighted by Gasteiger charge is 2.39. The largest absolute Gasteiger partial charge is 0.364 e. The molecule has 3 aromatic heterocycles. The Balaban J connectivity index is 1.52. The Morgan fingerprint density at radius 2 is 0.793 bits per heavy atom. The maximum Gasteiger partial charge on any atom is 0.364 e. The Morgan fingerprint density at radius 3 is 1.17 bits per heavy atom. The predicted molar refractivity (Wildman–Crippen MR) is 240 cm³/mol. The predicted octanol–water partition coefficient (Wildman–Crippen LogP) is 13.7. The molecule has 0 aliphatic carbocycles. The summed E-state index contributed by atoms with van der Waals surface area (Å²) in [5.74, 6) is 0. The van der Waals surface area contributed by atoms with Gasteiger partial charge in [0.25, 0.3) is 0 Å². The fraction of sp³-hybridized carbons (Fsp3) is 0.120. The molecule has 0 saturated heterocycles. The van der Waals surface area contributed by atoms with Crippen molar-refractivity contribution in [3.8, 4) is 44.5 Å². The summed E-state index contributed by atoms with van der Waals surface area (Å²) in [6, 6.07) is 49.3. The molecule has 0 saturated carbocycles. The molecule has 286 valence electrons. The lowest BCUT2D eigenvalue weighted by molar-refractivity contribution is 0.151. The summed E-state index contributed by atoms with van der Waals surface area (Å²) >= 11 is 0. The molecule has 0 unspecified atom stereocenters.